The fourth-order valence-electron chi connectivity index (χ4n) is 0.390. The topological polar surface area (TPSA) is 0 Å². The minimum absolute atomic E-state index is 0.991. The molecule has 0 nitrogen and oxygen atoms in total. The maximum absolute atomic E-state index is 5.14. The van der Waals surface area contributed by atoms with Crippen LogP contribution in [0.5, 0.6) is 0 Å². The summed E-state index contributed by atoms with van der Waals surface area (Å²) in [6.07, 6.45) is 0. The van der Waals surface area contributed by atoms with Crippen LogP contribution in [-0.2, 0) is 0 Å². The summed E-state index contributed by atoms with van der Waals surface area (Å²) in [7, 11) is 0. The fraction of sp³-hybridized carbons (Fsp3) is 0. The Balaban J connectivity index is 2.88. The summed E-state index contributed by atoms with van der Waals surface area (Å²) >= 11 is 6.75. The Bertz CT molecular complexity index is 202. The molecule has 0 radical (unpaired) electrons. The van der Waals surface area contributed by atoms with Crippen LogP contribution in [0.1, 0.15) is 5.56 Å². The third-order valence-electron chi connectivity index (χ3n) is 0.713. The van der Waals surface area contributed by atoms with Crippen LogP contribution in [-0.4, -0.2) is 0 Å². The second kappa shape index (κ2) is 2.76. The zero-order chi connectivity index (χ0) is 5.82. The monoisotopic (exact) mass is 142 g/mol. The van der Waals surface area contributed by atoms with Crippen molar-refractivity contribution in [1.82, 2.24) is 0 Å². The Morgan fingerprint density at radius 3 is 3.00 bits per heavy atom. The molecule has 8 heavy (non-hydrogen) atoms. The number of halogens is 1. The van der Waals surface area contributed by atoms with Gasteiger partial charge in [0, 0.05) is 16.3 Å². The van der Waals surface area contributed by atoms with Crippen molar-refractivity contribution in [3.63, 3.8) is 0 Å². The molecule has 0 aliphatic rings. The lowest BCUT2D eigenvalue weighted by atomic mass is 10.4. The van der Waals surface area contributed by atoms with Gasteiger partial charge in [0.1, 0.15) is 0 Å². The molecule has 0 bridgehead atoms. The first-order chi connectivity index (χ1) is 3.93. The van der Waals surface area contributed by atoms with Gasteiger partial charge in [-0.1, -0.05) is 0 Å². The largest absolute Gasteiger partial charge is 0.151 e. The third-order valence-corrected chi connectivity index (χ3v) is 1.49. The number of rotatable bonds is 0. The standard InChI is InChI=1S/C6H3ClS/c7-3-1-6-2-4-8-5-6/h2,4-5H. The molecule has 1 heterocycles. The zero-order valence-corrected chi connectivity index (χ0v) is 5.59. The smallest absolute Gasteiger partial charge is 0.0364 e. The summed E-state index contributed by atoms with van der Waals surface area (Å²) in [5.74, 6) is 2.71. The minimum Gasteiger partial charge on any atom is -0.151 e. The maximum Gasteiger partial charge on any atom is 0.0364 e. The lowest BCUT2D eigenvalue weighted by molar-refractivity contribution is 1.87. The Hall–Kier alpha value is -0.450. The van der Waals surface area contributed by atoms with E-state index in [2.05, 4.69) is 11.3 Å². The van der Waals surface area contributed by atoms with E-state index < -0.39 is 0 Å². The predicted molar refractivity (Wildman–Crippen MR) is 37.1 cm³/mol. The van der Waals surface area contributed by atoms with Crippen LogP contribution in [0, 0.1) is 11.3 Å². The highest BCUT2D eigenvalue weighted by atomic mass is 35.5. The van der Waals surface area contributed by atoms with Crippen LogP contribution in [0.2, 0.25) is 0 Å². The molecule has 0 aromatic carbocycles. The Kier molecular flexibility index (Phi) is 1.96. The molecular formula is C6H3ClS. The molecular weight excluding hydrogens is 140 g/mol. The van der Waals surface area contributed by atoms with Crippen LogP contribution in [0.25, 0.3) is 0 Å². The highest BCUT2D eigenvalue weighted by Crippen LogP contribution is 2.02. The minimum atomic E-state index is 0.991. The predicted octanol–water partition coefficient (Wildman–Crippen LogP) is 2.30. The summed E-state index contributed by atoms with van der Waals surface area (Å²) in [4.78, 5) is 0. The van der Waals surface area contributed by atoms with E-state index in [1.165, 1.54) is 0 Å². The van der Waals surface area contributed by atoms with E-state index in [9.17, 15) is 0 Å². The Labute approximate surface area is 57.1 Å². The van der Waals surface area contributed by atoms with Crippen molar-refractivity contribution in [1.29, 1.82) is 0 Å². The molecule has 0 aliphatic heterocycles. The molecule has 40 valence electrons. The Morgan fingerprint density at radius 1 is 1.62 bits per heavy atom. The van der Waals surface area contributed by atoms with Crippen molar-refractivity contribution in [2.45, 2.75) is 0 Å². The molecule has 0 saturated carbocycles. The molecule has 2 heteroatoms. The summed E-state index contributed by atoms with van der Waals surface area (Å²) < 4.78 is 0. The van der Waals surface area contributed by atoms with Crippen molar-refractivity contribution in [2.75, 3.05) is 0 Å². The average Bonchev–Trinajstić information content (AvgIpc) is 2.19. The van der Waals surface area contributed by atoms with Gasteiger partial charge in [-0.15, -0.1) is 0 Å². The summed E-state index contributed by atoms with van der Waals surface area (Å²) in [6.45, 7) is 0. The fourth-order valence-corrected chi connectivity index (χ4v) is 1.09. The number of thiophene rings is 1. The normalized spacial score (nSPS) is 7.62. The van der Waals surface area contributed by atoms with Crippen molar-refractivity contribution >= 4 is 22.9 Å². The molecule has 0 N–H and O–H groups in total. The van der Waals surface area contributed by atoms with Gasteiger partial charge < -0.3 is 0 Å². The molecule has 0 aliphatic carbocycles. The van der Waals surface area contributed by atoms with E-state index in [0.29, 0.717) is 0 Å². The summed E-state index contributed by atoms with van der Waals surface area (Å²) in [6, 6.07) is 1.93. The van der Waals surface area contributed by atoms with Gasteiger partial charge in [0.25, 0.3) is 0 Å². The van der Waals surface area contributed by atoms with E-state index in [-0.39, 0.29) is 0 Å². The molecule has 0 unspecified atom stereocenters. The van der Waals surface area contributed by atoms with Crippen molar-refractivity contribution < 1.29 is 0 Å². The van der Waals surface area contributed by atoms with Crippen molar-refractivity contribution in [3.8, 4) is 11.3 Å². The van der Waals surface area contributed by atoms with Gasteiger partial charge in [-0.3, -0.25) is 0 Å². The molecule has 0 fully saturated rings. The van der Waals surface area contributed by atoms with E-state index in [4.69, 9.17) is 11.6 Å². The average molecular weight is 143 g/mol. The van der Waals surface area contributed by atoms with Gasteiger partial charge >= 0.3 is 0 Å². The van der Waals surface area contributed by atoms with Gasteiger partial charge in [-0.05, 0) is 29.0 Å². The van der Waals surface area contributed by atoms with Crippen molar-refractivity contribution in [3.05, 3.63) is 22.4 Å². The quantitative estimate of drug-likeness (QED) is 0.488. The van der Waals surface area contributed by atoms with Crippen LogP contribution < -0.4 is 0 Å². The molecule has 1 aromatic heterocycles. The second-order valence-corrected chi connectivity index (χ2v) is 2.20. The van der Waals surface area contributed by atoms with Crippen molar-refractivity contribution in [2.24, 2.45) is 0 Å². The Morgan fingerprint density at radius 2 is 2.50 bits per heavy atom. The van der Waals surface area contributed by atoms with Crippen LogP contribution >= 0.6 is 22.9 Å². The number of hydrogen-bond acceptors (Lipinski definition) is 1. The second-order valence-electron chi connectivity index (χ2n) is 1.23. The molecule has 0 spiro atoms. The van der Waals surface area contributed by atoms with Crippen LogP contribution in [0.15, 0.2) is 16.8 Å². The molecule has 0 atom stereocenters. The van der Waals surface area contributed by atoms with Gasteiger partial charge in [-0.2, -0.15) is 11.3 Å². The van der Waals surface area contributed by atoms with Crippen LogP contribution in [0.3, 0.4) is 0 Å². The summed E-state index contributed by atoms with van der Waals surface area (Å²) in [5, 5.41) is 6.22. The molecule has 1 rings (SSSR count). The molecule has 1 aromatic rings. The van der Waals surface area contributed by atoms with Gasteiger partial charge in [0.2, 0.25) is 0 Å². The lowest BCUT2D eigenvalue weighted by Gasteiger charge is -1.68. The zero-order valence-electron chi connectivity index (χ0n) is 4.02. The SMILES string of the molecule is ClC#Cc1ccsc1. The first kappa shape index (κ1) is 5.68. The highest BCUT2D eigenvalue weighted by Gasteiger charge is 1.80. The lowest BCUT2D eigenvalue weighted by Crippen LogP contribution is -1.56. The van der Waals surface area contributed by atoms with Crippen LogP contribution in [0.4, 0.5) is 0 Å². The van der Waals surface area contributed by atoms with E-state index >= 15 is 0 Å². The van der Waals surface area contributed by atoms with Gasteiger partial charge in [-0.25, -0.2) is 0 Å². The maximum atomic E-state index is 5.14. The first-order valence-electron chi connectivity index (χ1n) is 2.07. The van der Waals surface area contributed by atoms with Gasteiger partial charge in [0.05, 0.1) is 0 Å². The number of hydrogen-bond donors (Lipinski definition) is 0. The van der Waals surface area contributed by atoms with E-state index in [0.717, 1.165) is 5.56 Å². The van der Waals surface area contributed by atoms with E-state index in [1.54, 1.807) is 11.3 Å². The summed E-state index contributed by atoms with van der Waals surface area (Å²) in [5.41, 5.74) is 0.991. The highest BCUT2D eigenvalue weighted by molar-refractivity contribution is 7.08. The molecule has 0 amide bonds. The molecule has 0 saturated heterocycles. The van der Waals surface area contributed by atoms with Gasteiger partial charge in [0.15, 0.2) is 0 Å². The first-order valence-corrected chi connectivity index (χ1v) is 3.39. The van der Waals surface area contributed by atoms with E-state index in [1.807, 2.05) is 16.8 Å². The third kappa shape index (κ3) is 1.26.